The van der Waals surface area contributed by atoms with Crippen LogP contribution in [0, 0.1) is 11.7 Å². The lowest BCUT2D eigenvalue weighted by atomic mass is 10.2. The number of nitrogens with one attached hydrogen (secondary N) is 1. The van der Waals surface area contributed by atoms with E-state index in [0.29, 0.717) is 0 Å². The first-order chi connectivity index (χ1) is 7.83. The van der Waals surface area contributed by atoms with E-state index in [1.807, 2.05) is 0 Å². The van der Waals surface area contributed by atoms with Gasteiger partial charge in [0, 0.05) is 12.7 Å². The van der Waals surface area contributed by atoms with Crippen LogP contribution in [-0.4, -0.2) is 31.0 Å². The molecule has 0 spiro atoms. The lowest BCUT2D eigenvalue weighted by Crippen LogP contribution is -2.31. The molecule has 1 aromatic heterocycles. The SMILES string of the molecule is CC(CNS(=O)(=O)c1cncc(F)c1)C(=O)O. The Morgan fingerprint density at radius 3 is 2.76 bits per heavy atom. The van der Waals surface area contributed by atoms with E-state index in [1.165, 1.54) is 6.92 Å². The summed E-state index contributed by atoms with van der Waals surface area (Å²) < 4.78 is 38.0. The van der Waals surface area contributed by atoms with Crippen molar-refractivity contribution < 1.29 is 22.7 Å². The van der Waals surface area contributed by atoms with Gasteiger partial charge in [-0.05, 0) is 6.07 Å². The molecule has 1 atom stereocenters. The molecular weight excluding hydrogens is 251 g/mol. The molecule has 0 fully saturated rings. The number of sulfonamides is 1. The summed E-state index contributed by atoms with van der Waals surface area (Å²) in [6.45, 7) is 1.09. The van der Waals surface area contributed by atoms with Gasteiger partial charge in [0.2, 0.25) is 10.0 Å². The summed E-state index contributed by atoms with van der Waals surface area (Å²) in [5, 5.41) is 8.59. The average molecular weight is 262 g/mol. The molecule has 1 heterocycles. The molecule has 0 aromatic carbocycles. The highest BCUT2D eigenvalue weighted by Crippen LogP contribution is 2.08. The minimum absolute atomic E-state index is 0.270. The first-order valence-corrected chi connectivity index (χ1v) is 6.14. The van der Waals surface area contributed by atoms with Gasteiger partial charge >= 0.3 is 5.97 Å². The standard InChI is InChI=1S/C9H11FN2O4S/c1-6(9(13)14)3-12-17(15,16)8-2-7(10)4-11-5-8/h2,4-6,12H,3H2,1H3,(H,13,14). The van der Waals surface area contributed by atoms with Crippen molar-refractivity contribution in [3.05, 3.63) is 24.3 Å². The van der Waals surface area contributed by atoms with E-state index in [0.717, 1.165) is 18.5 Å². The molecule has 0 aliphatic rings. The van der Waals surface area contributed by atoms with Crippen LogP contribution >= 0.6 is 0 Å². The number of carboxylic acid groups (broad SMARTS) is 1. The third kappa shape index (κ3) is 3.75. The largest absolute Gasteiger partial charge is 0.481 e. The maximum absolute atomic E-state index is 12.8. The van der Waals surface area contributed by atoms with Gasteiger partial charge in [-0.15, -0.1) is 0 Å². The molecular formula is C9H11FN2O4S. The van der Waals surface area contributed by atoms with Gasteiger partial charge in [-0.25, -0.2) is 17.5 Å². The van der Waals surface area contributed by atoms with E-state index in [1.54, 1.807) is 0 Å². The number of aliphatic carboxylic acids is 1. The predicted octanol–water partition coefficient (Wildman–Crippen LogP) is 0.220. The minimum Gasteiger partial charge on any atom is -0.481 e. The zero-order valence-electron chi connectivity index (χ0n) is 8.92. The number of hydrogen-bond donors (Lipinski definition) is 2. The van der Waals surface area contributed by atoms with Gasteiger partial charge in [-0.1, -0.05) is 6.92 Å². The van der Waals surface area contributed by atoms with E-state index in [9.17, 15) is 17.6 Å². The van der Waals surface area contributed by atoms with Crippen molar-refractivity contribution in [2.24, 2.45) is 5.92 Å². The molecule has 1 rings (SSSR count). The normalized spacial score (nSPS) is 13.3. The van der Waals surface area contributed by atoms with Crippen molar-refractivity contribution in [1.29, 1.82) is 0 Å². The zero-order chi connectivity index (χ0) is 13.1. The highest BCUT2D eigenvalue weighted by Gasteiger charge is 2.18. The highest BCUT2D eigenvalue weighted by molar-refractivity contribution is 7.89. The fourth-order valence-electron chi connectivity index (χ4n) is 0.945. The first kappa shape index (κ1) is 13.5. The fraction of sp³-hybridized carbons (Fsp3) is 0.333. The van der Waals surface area contributed by atoms with Crippen LogP contribution in [0.2, 0.25) is 0 Å². The lowest BCUT2D eigenvalue weighted by molar-refractivity contribution is -0.140. The second-order valence-corrected chi connectivity index (χ2v) is 5.20. The predicted molar refractivity (Wildman–Crippen MR) is 56.2 cm³/mol. The van der Waals surface area contributed by atoms with Crippen molar-refractivity contribution in [2.75, 3.05) is 6.54 Å². The lowest BCUT2D eigenvalue weighted by Gasteiger charge is -2.08. The van der Waals surface area contributed by atoms with Gasteiger partial charge in [-0.2, -0.15) is 0 Å². The highest BCUT2D eigenvalue weighted by atomic mass is 32.2. The average Bonchev–Trinajstić information content (AvgIpc) is 2.26. The van der Waals surface area contributed by atoms with Crippen LogP contribution < -0.4 is 4.72 Å². The second-order valence-electron chi connectivity index (χ2n) is 3.43. The quantitative estimate of drug-likeness (QED) is 0.791. The molecule has 2 N–H and O–H groups in total. The molecule has 0 radical (unpaired) electrons. The fourth-order valence-corrected chi connectivity index (χ4v) is 2.05. The third-order valence-electron chi connectivity index (χ3n) is 1.99. The number of carboxylic acids is 1. The van der Waals surface area contributed by atoms with E-state index in [-0.39, 0.29) is 11.4 Å². The molecule has 94 valence electrons. The van der Waals surface area contributed by atoms with Crippen LogP contribution in [0.4, 0.5) is 4.39 Å². The summed E-state index contributed by atoms with van der Waals surface area (Å²) in [5.41, 5.74) is 0. The van der Waals surface area contributed by atoms with E-state index >= 15 is 0 Å². The van der Waals surface area contributed by atoms with Crippen molar-refractivity contribution in [2.45, 2.75) is 11.8 Å². The molecule has 8 heteroatoms. The summed E-state index contributed by atoms with van der Waals surface area (Å²) >= 11 is 0. The number of carbonyl (C=O) groups is 1. The summed E-state index contributed by atoms with van der Waals surface area (Å²) in [4.78, 5) is 13.6. The monoisotopic (exact) mass is 262 g/mol. The Kier molecular flexibility index (Phi) is 4.13. The van der Waals surface area contributed by atoms with Crippen molar-refractivity contribution in [1.82, 2.24) is 9.71 Å². The van der Waals surface area contributed by atoms with Crippen LogP contribution in [0.25, 0.3) is 0 Å². The number of nitrogens with zero attached hydrogens (tertiary/aromatic N) is 1. The number of hydrogen-bond acceptors (Lipinski definition) is 4. The molecule has 6 nitrogen and oxygen atoms in total. The molecule has 17 heavy (non-hydrogen) atoms. The molecule has 0 aliphatic heterocycles. The minimum atomic E-state index is -3.93. The Bertz CT molecular complexity index is 517. The summed E-state index contributed by atoms with van der Waals surface area (Å²) in [7, 11) is -3.93. The van der Waals surface area contributed by atoms with Crippen molar-refractivity contribution >= 4 is 16.0 Å². The van der Waals surface area contributed by atoms with Gasteiger partial charge in [0.15, 0.2) is 0 Å². The summed E-state index contributed by atoms with van der Waals surface area (Å²) in [6, 6.07) is 0.806. The van der Waals surface area contributed by atoms with E-state index in [4.69, 9.17) is 5.11 Å². The molecule has 0 saturated carbocycles. The van der Waals surface area contributed by atoms with Gasteiger partial charge in [0.05, 0.1) is 12.1 Å². The number of aromatic nitrogens is 1. The Morgan fingerprint density at radius 2 is 2.24 bits per heavy atom. The number of halogens is 1. The van der Waals surface area contributed by atoms with Crippen LogP contribution in [0.5, 0.6) is 0 Å². The molecule has 0 saturated heterocycles. The topological polar surface area (TPSA) is 96.4 Å². The molecule has 0 amide bonds. The Labute approximate surface area is 97.5 Å². The third-order valence-corrected chi connectivity index (χ3v) is 3.38. The van der Waals surface area contributed by atoms with Crippen LogP contribution in [0.1, 0.15) is 6.92 Å². The zero-order valence-corrected chi connectivity index (χ0v) is 9.74. The van der Waals surface area contributed by atoms with Crippen LogP contribution in [-0.2, 0) is 14.8 Å². The molecule has 0 bridgehead atoms. The number of pyridine rings is 1. The molecule has 1 aromatic rings. The molecule has 1 unspecified atom stereocenters. The van der Waals surface area contributed by atoms with Gasteiger partial charge < -0.3 is 5.11 Å². The number of rotatable bonds is 5. The maximum Gasteiger partial charge on any atom is 0.307 e. The Hall–Kier alpha value is -1.54. The van der Waals surface area contributed by atoms with Crippen molar-refractivity contribution in [3.8, 4) is 0 Å². The van der Waals surface area contributed by atoms with Crippen molar-refractivity contribution in [3.63, 3.8) is 0 Å². The smallest absolute Gasteiger partial charge is 0.307 e. The van der Waals surface area contributed by atoms with Gasteiger partial charge in [0.1, 0.15) is 10.7 Å². The Morgan fingerprint density at radius 1 is 1.59 bits per heavy atom. The van der Waals surface area contributed by atoms with Gasteiger partial charge in [0.25, 0.3) is 0 Å². The van der Waals surface area contributed by atoms with Crippen LogP contribution in [0.3, 0.4) is 0 Å². The summed E-state index contributed by atoms with van der Waals surface area (Å²) in [6.07, 6.45) is 1.86. The van der Waals surface area contributed by atoms with Gasteiger partial charge in [-0.3, -0.25) is 9.78 Å². The maximum atomic E-state index is 12.8. The van der Waals surface area contributed by atoms with E-state index < -0.39 is 27.7 Å². The Balaban J connectivity index is 2.79. The second kappa shape index (κ2) is 5.19. The molecule has 0 aliphatic carbocycles. The first-order valence-electron chi connectivity index (χ1n) is 4.66. The summed E-state index contributed by atoms with van der Waals surface area (Å²) in [5.74, 6) is -2.77. The van der Waals surface area contributed by atoms with Crippen LogP contribution in [0.15, 0.2) is 23.4 Å². The van der Waals surface area contributed by atoms with E-state index in [2.05, 4.69) is 9.71 Å².